The van der Waals surface area contributed by atoms with Crippen LogP contribution in [0.5, 0.6) is 0 Å². The van der Waals surface area contributed by atoms with Crippen LogP contribution >= 0.6 is 12.2 Å². The van der Waals surface area contributed by atoms with E-state index in [2.05, 4.69) is 4.90 Å². The van der Waals surface area contributed by atoms with Crippen molar-refractivity contribution in [2.75, 3.05) is 40.0 Å². The van der Waals surface area contributed by atoms with Gasteiger partial charge in [0.1, 0.15) is 0 Å². The van der Waals surface area contributed by atoms with Gasteiger partial charge >= 0.3 is 0 Å². The minimum Gasteiger partial charge on any atom is -0.393 e. The Kier molecular flexibility index (Phi) is 7.68. The number of thiocarbonyl (C=S) groups is 1. The lowest BCUT2D eigenvalue weighted by atomic mass is 10.1. The van der Waals surface area contributed by atoms with Crippen molar-refractivity contribution in [2.24, 2.45) is 5.73 Å². The second kappa shape index (κ2) is 8.80. The molecular formula is C12H24N2O2S. The summed E-state index contributed by atoms with van der Waals surface area (Å²) in [4.78, 5) is 2.91. The van der Waals surface area contributed by atoms with Gasteiger partial charge in [0.05, 0.1) is 17.7 Å². The molecule has 1 fully saturated rings. The highest BCUT2D eigenvalue weighted by molar-refractivity contribution is 7.80. The summed E-state index contributed by atoms with van der Waals surface area (Å²) in [6, 6.07) is 0. The van der Waals surface area contributed by atoms with Crippen LogP contribution < -0.4 is 5.73 Å². The molecule has 0 spiro atoms. The molecule has 1 saturated heterocycles. The second-order valence-electron chi connectivity index (χ2n) is 4.50. The molecule has 17 heavy (non-hydrogen) atoms. The maximum atomic E-state index is 5.75. The molecule has 2 N–H and O–H groups in total. The number of nitrogens with two attached hydrogens (primary N) is 1. The lowest BCUT2D eigenvalue weighted by Crippen LogP contribution is -2.39. The largest absolute Gasteiger partial charge is 0.393 e. The molecule has 0 aromatic rings. The zero-order valence-corrected chi connectivity index (χ0v) is 11.5. The monoisotopic (exact) mass is 260 g/mol. The predicted molar refractivity (Wildman–Crippen MR) is 73.3 cm³/mol. The molecule has 1 aliphatic heterocycles. The van der Waals surface area contributed by atoms with E-state index in [-0.39, 0.29) is 0 Å². The van der Waals surface area contributed by atoms with Crippen LogP contribution in [0.4, 0.5) is 0 Å². The number of hydrogen-bond donors (Lipinski definition) is 1. The third-order valence-corrected chi connectivity index (χ3v) is 3.23. The van der Waals surface area contributed by atoms with Crippen molar-refractivity contribution < 1.29 is 9.47 Å². The lowest BCUT2D eigenvalue weighted by molar-refractivity contribution is -0.00862. The summed E-state index contributed by atoms with van der Waals surface area (Å²) in [5.41, 5.74) is 5.54. The van der Waals surface area contributed by atoms with Gasteiger partial charge < -0.3 is 15.2 Å². The van der Waals surface area contributed by atoms with Crippen molar-refractivity contribution in [3.8, 4) is 0 Å². The van der Waals surface area contributed by atoms with E-state index in [4.69, 9.17) is 27.4 Å². The van der Waals surface area contributed by atoms with Gasteiger partial charge in [0, 0.05) is 39.8 Å². The van der Waals surface area contributed by atoms with Gasteiger partial charge in [-0.05, 0) is 19.3 Å². The highest BCUT2D eigenvalue weighted by Crippen LogP contribution is 2.14. The van der Waals surface area contributed by atoms with Crippen molar-refractivity contribution >= 4 is 17.2 Å². The average molecular weight is 260 g/mol. The third-order valence-electron chi connectivity index (χ3n) is 3.02. The van der Waals surface area contributed by atoms with Gasteiger partial charge in [-0.25, -0.2) is 0 Å². The average Bonchev–Trinajstić information content (AvgIpc) is 2.34. The van der Waals surface area contributed by atoms with Crippen molar-refractivity contribution in [1.29, 1.82) is 0 Å². The molecule has 0 aliphatic carbocycles. The van der Waals surface area contributed by atoms with Gasteiger partial charge in [-0.2, -0.15) is 0 Å². The van der Waals surface area contributed by atoms with E-state index >= 15 is 0 Å². The molecule has 5 heteroatoms. The third kappa shape index (κ3) is 6.93. The Labute approximate surface area is 109 Å². The minimum absolute atomic E-state index is 0.368. The van der Waals surface area contributed by atoms with E-state index in [0.29, 0.717) is 11.1 Å². The number of methoxy groups -OCH3 is 1. The molecule has 4 nitrogen and oxygen atoms in total. The Hall–Kier alpha value is -0.230. The van der Waals surface area contributed by atoms with Crippen LogP contribution in [0.2, 0.25) is 0 Å². The summed E-state index contributed by atoms with van der Waals surface area (Å²) in [5, 5.41) is 0. The van der Waals surface area contributed by atoms with Crippen molar-refractivity contribution in [2.45, 2.75) is 31.8 Å². The molecule has 1 aliphatic rings. The Morgan fingerprint density at radius 2 is 2.29 bits per heavy atom. The van der Waals surface area contributed by atoms with Gasteiger partial charge in [0.2, 0.25) is 0 Å². The van der Waals surface area contributed by atoms with Crippen LogP contribution in [0.3, 0.4) is 0 Å². The molecule has 0 bridgehead atoms. The number of nitrogens with zero attached hydrogens (tertiary/aromatic N) is 1. The molecule has 100 valence electrons. The first-order chi connectivity index (χ1) is 8.22. The first kappa shape index (κ1) is 14.8. The second-order valence-corrected chi connectivity index (χ2v) is 5.02. The lowest BCUT2D eigenvalue weighted by Gasteiger charge is -2.29. The van der Waals surface area contributed by atoms with Gasteiger partial charge in [-0.3, -0.25) is 4.90 Å². The molecule has 0 aromatic carbocycles. The molecule has 1 atom stereocenters. The fraction of sp³-hybridized carbons (Fsp3) is 0.917. The van der Waals surface area contributed by atoms with Crippen LogP contribution in [0.15, 0.2) is 0 Å². The molecule has 1 heterocycles. The van der Waals surface area contributed by atoms with E-state index in [1.54, 1.807) is 7.11 Å². The first-order valence-corrected chi connectivity index (χ1v) is 6.74. The summed E-state index contributed by atoms with van der Waals surface area (Å²) in [6.45, 7) is 4.42. The molecule has 0 radical (unpaired) electrons. The summed E-state index contributed by atoms with van der Waals surface area (Å²) in [7, 11) is 1.73. The standard InChI is InChI=1S/C12H24N2O2S/c1-15-9-7-14(6-5-12(13)17)10-11-4-2-3-8-16-11/h11H,2-10H2,1H3,(H2,13,17). The topological polar surface area (TPSA) is 47.7 Å². The van der Waals surface area contributed by atoms with E-state index in [0.717, 1.165) is 45.7 Å². The Bertz CT molecular complexity index is 221. The molecule has 1 unspecified atom stereocenters. The predicted octanol–water partition coefficient (Wildman–Crippen LogP) is 1.18. The van der Waals surface area contributed by atoms with Crippen LogP contribution in [0, 0.1) is 0 Å². The zero-order chi connectivity index (χ0) is 12.5. The summed E-state index contributed by atoms with van der Waals surface area (Å²) >= 11 is 4.92. The Morgan fingerprint density at radius 3 is 2.88 bits per heavy atom. The first-order valence-electron chi connectivity index (χ1n) is 6.33. The normalized spacial score (nSPS) is 20.7. The van der Waals surface area contributed by atoms with Crippen LogP contribution in [0.1, 0.15) is 25.7 Å². The van der Waals surface area contributed by atoms with E-state index < -0.39 is 0 Å². The van der Waals surface area contributed by atoms with Crippen molar-refractivity contribution in [3.63, 3.8) is 0 Å². The van der Waals surface area contributed by atoms with E-state index in [9.17, 15) is 0 Å². The Morgan fingerprint density at radius 1 is 1.47 bits per heavy atom. The maximum Gasteiger partial charge on any atom is 0.0740 e. The van der Waals surface area contributed by atoms with Gasteiger partial charge in [-0.1, -0.05) is 12.2 Å². The number of rotatable bonds is 8. The van der Waals surface area contributed by atoms with Crippen LogP contribution in [-0.4, -0.2) is 56.0 Å². The summed E-state index contributed by atoms with van der Waals surface area (Å²) < 4.78 is 10.9. The highest BCUT2D eigenvalue weighted by Gasteiger charge is 2.17. The van der Waals surface area contributed by atoms with Crippen LogP contribution in [0.25, 0.3) is 0 Å². The number of hydrogen-bond acceptors (Lipinski definition) is 4. The highest BCUT2D eigenvalue weighted by atomic mass is 32.1. The maximum absolute atomic E-state index is 5.75. The molecule has 0 amide bonds. The fourth-order valence-electron chi connectivity index (χ4n) is 2.02. The fourth-order valence-corrected chi connectivity index (χ4v) is 2.11. The smallest absolute Gasteiger partial charge is 0.0740 e. The SMILES string of the molecule is COCCN(CCC(N)=S)CC1CCCCO1. The van der Waals surface area contributed by atoms with Crippen molar-refractivity contribution in [3.05, 3.63) is 0 Å². The molecule has 0 aromatic heterocycles. The molecular weight excluding hydrogens is 236 g/mol. The van der Waals surface area contributed by atoms with E-state index in [1.807, 2.05) is 0 Å². The minimum atomic E-state index is 0.368. The Balaban J connectivity index is 2.29. The van der Waals surface area contributed by atoms with Gasteiger partial charge in [-0.15, -0.1) is 0 Å². The summed E-state index contributed by atoms with van der Waals surface area (Å²) in [5.74, 6) is 0. The van der Waals surface area contributed by atoms with Gasteiger partial charge in [0.25, 0.3) is 0 Å². The number of ether oxygens (including phenoxy) is 2. The molecule has 0 saturated carbocycles. The van der Waals surface area contributed by atoms with Gasteiger partial charge in [0.15, 0.2) is 0 Å². The van der Waals surface area contributed by atoms with Crippen LogP contribution in [-0.2, 0) is 9.47 Å². The molecule has 1 rings (SSSR count). The van der Waals surface area contributed by atoms with Crippen molar-refractivity contribution in [1.82, 2.24) is 4.90 Å². The zero-order valence-electron chi connectivity index (χ0n) is 10.7. The quantitative estimate of drug-likeness (QED) is 0.664. The summed E-state index contributed by atoms with van der Waals surface area (Å²) in [6.07, 6.45) is 4.77. The van der Waals surface area contributed by atoms with E-state index in [1.165, 1.54) is 12.8 Å².